The topological polar surface area (TPSA) is 83.8 Å². The van der Waals surface area contributed by atoms with Crippen LogP contribution >= 0.6 is 0 Å². The fourth-order valence-corrected chi connectivity index (χ4v) is 4.36. The van der Waals surface area contributed by atoms with E-state index >= 15 is 0 Å². The molecule has 2 rings (SSSR count). The summed E-state index contributed by atoms with van der Waals surface area (Å²) in [6, 6.07) is 11.5. The van der Waals surface area contributed by atoms with E-state index in [1.807, 2.05) is 18.2 Å². The summed E-state index contributed by atoms with van der Waals surface area (Å²) >= 11 is 0. The summed E-state index contributed by atoms with van der Waals surface area (Å²) in [7, 11) is -4.47. The molecule has 0 aliphatic rings. The average molecular weight is 435 g/mol. The minimum Gasteiger partial charge on any atom is -0.508 e. The first-order valence-corrected chi connectivity index (χ1v) is 12.4. The van der Waals surface area contributed by atoms with Crippen molar-refractivity contribution in [2.45, 2.75) is 82.4 Å². The minimum atomic E-state index is -4.47. The van der Waals surface area contributed by atoms with Crippen LogP contribution in [0.3, 0.4) is 0 Å². The molecule has 0 aliphatic carbocycles. The van der Waals surface area contributed by atoms with Crippen LogP contribution in [-0.2, 0) is 16.5 Å². The van der Waals surface area contributed by atoms with E-state index in [1.54, 1.807) is 12.1 Å². The van der Waals surface area contributed by atoms with Crippen LogP contribution in [0.15, 0.2) is 47.4 Å². The van der Waals surface area contributed by atoms with Crippen LogP contribution in [0.25, 0.3) is 0 Å². The number of rotatable bonds is 14. The van der Waals surface area contributed by atoms with E-state index in [0.29, 0.717) is 17.7 Å². The number of phenolic OH excluding ortho intramolecular Hbond substituents is 1. The number of aromatic hydroxyl groups is 1. The van der Waals surface area contributed by atoms with Crippen LogP contribution in [0, 0.1) is 0 Å². The third-order valence-corrected chi connectivity index (χ3v) is 6.10. The fourth-order valence-electron chi connectivity index (χ4n) is 3.58. The highest BCUT2D eigenvalue weighted by Gasteiger charge is 2.21. The molecule has 0 fully saturated rings. The predicted octanol–water partition coefficient (Wildman–Crippen LogP) is 6.89. The number of hydrogen-bond acceptors (Lipinski definition) is 4. The van der Waals surface area contributed by atoms with Gasteiger partial charge < -0.3 is 9.84 Å². The van der Waals surface area contributed by atoms with Crippen LogP contribution in [0.4, 0.5) is 0 Å². The standard InChI is InChI=1S/C24H34O5S/c1-2-3-4-5-6-7-8-9-10-14-17-22-23(29-21-15-12-11-13-16-21)18-20(25)19-24(22)30(26,27)28/h11-13,15-16,18-19,25H,2-10,14,17H2,1H3,(H,26,27,28). The van der Waals surface area contributed by atoms with E-state index in [4.69, 9.17) is 4.74 Å². The third kappa shape index (κ3) is 8.36. The normalized spacial score (nSPS) is 11.5. The summed E-state index contributed by atoms with van der Waals surface area (Å²) in [4.78, 5) is -0.288. The third-order valence-electron chi connectivity index (χ3n) is 5.18. The highest BCUT2D eigenvalue weighted by molar-refractivity contribution is 7.85. The Labute approximate surface area is 180 Å². The van der Waals surface area contributed by atoms with Crippen molar-refractivity contribution in [1.82, 2.24) is 0 Å². The van der Waals surface area contributed by atoms with Crippen molar-refractivity contribution in [2.24, 2.45) is 0 Å². The van der Waals surface area contributed by atoms with Crippen molar-refractivity contribution in [3.8, 4) is 17.2 Å². The number of ether oxygens (including phenoxy) is 1. The molecule has 0 radical (unpaired) electrons. The summed E-state index contributed by atoms with van der Waals surface area (Å²) < 4.78 is 39.2. The molecule has 30 heavy (non-hydrogen) atoms. The van der Waals surface area contributed by atoms with Gasteiger partial charge >= 0.3 is 0 Å². The molecule has 0 saturated carbocycles. The summed E-state index contributed by atoms with van der Waals surface area (Å²) in [5.74, 6) is 0.527. The van der Waals surface area contributed by atoms with Crippen molar-refractivity contribution < 1.29 is 22.8 Å². The van der Waals surface area contributed by atoms with Crippen LogP contribution in [0.1, 0.15) is 76.7 Å². The van der Waals surface area contributed by atoms with E-state index in [9.17, 15) is 18.1 Å². The lowest BCUT2D eigenvalue weighted by molar-refractivity contribution is 0.440. The van der Waals surface area contributed by atoms with Crippen LogP contribution in [0.5, 0.6) is 17.2 Å². The Hall–Kier alpha value is -2.05. The molecule has 0 spiro atoms. The Kier molecular flexibility index (Phi) is 10.2. The lowest BCUT2D eigenvalue weighted by Crippen LogP contribution is -2.05. The molecule has 6 heteroatoms. The van der Waals surface area contributed by atoms with Gasteiger partial charge in [-0.05, 0) is 25.0 Å². The Morgan fingerprint density at radius 3 is 1.97 bits per heavy atom. The van der Waals surface area contributed by atoms with Crippen molar-refractivity contribution in [2.75, 3.05) is 0 Å². The second-order valence-corrected chi connectivity index (χ2v) is 9.13. The maximum atomic E-state index is 11.9. The van der Waals surface area contributed by atoms with E-state index in [1.165, 1.54) is 51.0 Å². The molecular formula is C24H34O5S. The van der Waals surface area contributed by atoms with E-state index in [0.717, 1.165) is 25.3 Å². The number of benzene rings is 2. The molecule has 0 aliphatic heterocycles. The first kappa shape index (κ1) is 24.2. The smallest absolute Gasteiger partial charge is 0.295 e. The summed E-state index contributed by atoms with van der Waals surface area (Å²) in [5.41, 5.74) is 0.402. The average Bonchev–Trinajstić information content (AvgIpc) is 2.70. The van der Waals surface area contributed by atoms with Crippen molar-refractivity contribution in [1.29, 1.82) is 0 Å². The fraction of sp³-hybridized carbons (Fsp3) is 0.500. The Morgan fingerprint density at radius 2 is 1.40 bits per heavy atom. The molecule has 0 bridgehead atoms. The van der Waals surface area contributed by atoms with Gasteiger partial charge in [-0.1, -0.05) is 82.9 Å². The highest BCUT2D eigenvalue weighted by Crippen LogP contribution is 2.35. The maximum absolute atomic E-state index is 11.9. The van der Waals surface area contributed by atoms with Crippen molar-refractivity contribution in [3.05, 3.63) is 48.0 Å². The quantitative estimate of drug-likeness (QED) is 0.250. The van der Waals surface area contributed by atoms with Gasteiger partial charge in [-0.2, -0.15) is 8.42 Å². The van der Waals surface area contributed by atoms with Gasteiger partial charge in [-0.15, -0.1) is 0 Å². The highest BCUT2D eigenvalue weighted by atomic mass is 32.2. The van der Waals surface area contributed by atoms with Crippen molar-refractivity contribution >= 4 is 10.1 Å². The second kappa shape index (κ2) is 12.6. The van der Waals surface area contributed by atoms with Gasteiger partial charge in [0.05, 0.1) is 0 Å². The SMILES string of the molecule is CCCCCCCCCCCCc1c(Oc2ccccc2)cc(O)cc1S(=O)(=O)O. The summed E-state index contributed by atoms with van der Waals surface area (Å²) in [6.07, 6.45) is 12.2. The molecule has 5 nitrogen and oxygen atoms in total. The zero-order valence-corrected chi connectivity index (χ0v) is 18.7. The van der Waals surface area contributed by atoms with Gasteiger partial charge in [0.2, 0.25) is 0 Å². The van der Waals surface area contributed by atoms with E-state index in [2.05, 4.69) is 6.92 Å². The lowest BCUT2D eigenvalue weighted by Gasteiger charge is -2.15. The van der Waals surface area contributed by atoms with Gasteiger partial charge in [0.15, 0.2) is 0 Å². The van der Waals surface area contributed by atoms with Gasteiger partial charge in [0, 0.05) is 17.7 Å². The molecule has 2 aromatic rings. The van der Waals surface area contributed by atoms with Gasteiger partial charge in [-0.25, -0.2) is 0 Å². The zero-order valence-electron chi connectivity index (χ0n) is 17.8. The van der Waals surface area contributed by atoms with Gasteiger partial charge in [0.1, 0.15) is 22.1 Å². The number of unbranched alkanes of at least 4 members (excludes halogenated alkanes) is 9. The molecule has 166 valence electrons. The minimum absolute atomic E-state index is 0.254. The largest absolute Gasteiger partial charge is 0.508 e. The Balaban J connectivity index is 1.97. The van der Waals surface area contributed by atoms with Crippen LogP contribution < -0.4 is 4.74 Å². The first-order chi connectivity index (χ1) is 14.4. The zero-order chi connectivity index (χ0) is 21.8. The second-order valence-electron chi connectivity index (χ2n) is 7.74. The van der Waals surface area contributed by atoms with Crippen molar-refractivity contribution in [3.63, 3.8) is 0 Å². The predicted molar refractivity (Wildman–Crippen MR) is 120 cm³/mol. The molecule has 0 heterocycles. The molecule has 2 N–H and O–H groups in total. The summed E-state index contributed by atoms with van der Waals surface area (Å²) in [5, 5.41) is 9.95. The summed E-state index contributed by atoms with van der Waals surface area (Å²) in [6.45, 7) is 2.22. The maximum Gasteiger partial charge on any atom is 0.295 e. The van der Waals surface area contributed by atoms with Crippen LogP contribution in [0.2, 0.25) is 0 Å². The van der Waals surface area contributed by atoms with Gasteiger partial charge in [0.25, 0.3) is 10.1 Å². The molecule has 0 aromatic heterocycles. The number of hydrogen-bond donors (Lipinski definition) is 2. The Bertz CT molecular complexity index is 863. The molecule has 0 unspecified atom stereocenters. The molecular weight excluding hydrogens is 400 g/mol. The monoisotopic (exact) mass is 434 g/mol. The number of phenols is 1. The lowest BCUT2D eigenvalue weighted by atomic mass is 10.0. The number of para-hydroxylation sites is 1. The van der Waals surface area contributed by atoms with E-state index < -0.39 is 10.1 Å². The molecule has 2 aromatic carbocycles. The van der Waals surface area contributed by atoms with E-state index in [-0.39, 0.29) is 16.4 Å². The molecule has 0 saturated heterocycles. The molecule has 0 atom stereocenters. The molecule has 0 amide bonds. The van der Waals surface area contributed by atoms with Gasteiger partial charge in [-0.3, -0.25) is 4.55 Å². The van der Waals surface area contributed by atoms with Crippen LogP contribution in [-0.4, -0.2) is 18.1 Å². The first-order valence-electron chi connectivity index (χ1n) is 11.0. The Morgan fingerprint density at radius 1 is 0.833 bits per heavy atom.